The van der Waals surface area contributed by atoms with Gasteiger partial charge in [0.15, 0.2) is 11.4 Å². The Morgan fingerprint density at radius 2 is 1.96 bits per heavy atom. The molecule has 0 bridgehead atoms. The Bertz CT molecular complexity index is 736. The fraction of sp³-hybridized carbons (Fsp3) is 0.474. The largest absolute Gasteiger partial charge is 0.493 e. The van der Waals surface area contributed by atoms with Crippen molar-refractivity contribution < 1.29 is 14.3 Å². The summed E-state index contributed by atoms with van der Waals surface area (Å²) in [6.07, 6.45) is 1.72. The number of morpholine rings is 1. The lowest BCUT2D eigenvalue weighted by molar-refractivity contribution is -0.00925. The average Bonchev–Trinajstić information content (AvgIpc) is 3.12. The number of methoxy groups -OCH3 is 1. The molecule has 1 saturated heterocycles. The predicted octanol–water partition coefficient (Wildman–Crippen LogP) is 1.72. The Kier molecular flexibility index (Phi) is 5.58. The number of carbonyl (C=O) groups is 1. The minimum atomic E-state index is -0.238. The van der Waals surface area contributed by atoms with Gasteiger partial charge in [-0.25, -0.2) is 4.68 Å². The molecule has 0 saturated carbocycles. The number of ether oxygens (including phenoxy) is 2. The van der Waals surface area contributed by atoms with Gasteiger partial charge in [0.1, 0.15) is 0 Å². The summed E-state index contributed by atoms with van der Waals surface area (Å²) in [5.41, 5.74) is 1.00. The van der Waals surface area contributed by atoms with E-state index in [1.165, 1.54) is 0 Å². The van der Waals surface area contributed by atoms with Crippen molar-refractivity contribution in [2.24, 2.45) is 0 Å². The van der Waals surface area contributed by atoms with Gasteiger partial charge in [-0.1, -0.05) is 18.2 Å². The Morgan fingerprint density at radius 1 is 1.27 bits per heavy atom. The molecule has 0 aliphatic carbocycles. The molecule has 1 aliphatic rings. The molecule has 1 aliphatic heterocycles. The Morgan fingerprint density at radius 3 is 2.62 bits per heavy atom. The zero-order chi connectivity index (χ0) is 18.6. The number of aromatic nitrogens is 2. The van der Waals surface area contributed by atoms with Crippen LogP contribution in [0.3, 0.4) is 0 Å². The second-order valence-corrected chi connectivity index (χ2v) is 6.92. The molecule has 7 heteroatoms. The van der Waals surface area contributed by atoms with Crippen LogP contribution >= 0.6 is 0 Å². The van der Waals surface area contributed by atoms with E-state index in [0.717, 1.165) is 32.0 Å². The lowest BCUT2D eigenvalue weighted by Crippen LogP contribution is -2.55. The van der Waals surface area contributed by atoms with Crippen LogP contribution in [-0.4, -0.2) is 66.1 Å². The highest BCUT2D eigenvalue weighted by molar-refractivity contribution is 5.95. The van der Waals surface area contributed by atoms with Crippen LogP contribution in [0.1, 0.15) is 24.3 Å². The normalized spacial score (nSPS) is 15.7. The lowest BCUT2D eigenvalue weighted by atomic mass is 10.0. The molecule has 1 aromatic carbocycles. The molecule has 0 unspecified atom stereocenters. The maximum atomic E-state index is 12.7. The van der Waals surface area contributed by atoms with Gasteiger partial charge in [-0.05, 0) is 26.0 Å². The third-order valence-corrected chi connectivity index (χ3v) is 4.69. The summed E-state index contributed by atoms with van der Waals surface area (Å²) in [6.45, 7) is 7.97. The Balaban J connectivity index is 1.70. The monoisotopic (exact) mass is 358 g/mol. The number of nitrogens with one attached hydrogen (secondary N) is 1. The van der Waals surface area contributed by atoms with E-state index in [4.69, 9.17) is 9.47 Å². The third kappa shape index (κ3) is 4.05. The van der Waals surface area contributed by atoms with Crippen molar-refractivity contribution in [1.82, 2.24) is 20.0 Å². The molecule has 1 fully saturated rings. The van der Waals surface area contributed by atoms with Crippen molar-refractivity contribution in [1.29, 1.82) is 0 Å². The van der Waals surface area contributed by atoms with Crippen molar-refractivity contribution in [2.75, 3.05) is 40.0 Å². The maximum absolute atomic E-state index is 12.7. The highest BCUT2D eigenvalue weighted by Gasteiger charge is 2.29. The van der Waals surface area contributed by atoms with Gasteiger partial charge in [0, 0.05) is 25.2 Å². The van der Waals surface area contributed by atoms with Crippen LogP contribution in [0.25, 0.3) is 5.69 Å². The second-order valence-electron chi connectivity index (χ2n) is 6.92. The molecular formula is C19H26N4O3. The third-order valence-electron chi connectivity index (χ3n) is 4.69. The fourth-order valence-corrected chi connectivity index (χ4v) is 3.04. The standard InChI is InChI=1S/C19H26N4O3/c1-19(2,22-9-11-26-12-10-22)14-20-18(24)17-16(25-3)13-23(21-17)15-7-5-4-6-8-15/h4-8,13H,9-12,14H2,1-3H3,(H,20,24). The summed E-state index contributed by atoms with van der Waals surface area (Å²) in [4.78, 5) is 15.0. The van der Waals surface area contributed by atoms with Crippen LogP contribution in [0.15, 0.2) is 36.5 Å². The van der Waals surface area contributed by atoms with Gasteiger partial charge in [0.2, 0.25) is 0 Å². The maximum Gasteiger partial charge on any atom is 0.275 e. The molecule has 0 radical (unpaired) electrons. The van der Waals surface area contributed by atoms with E-state index in [9.17, 15) is 4.79 Å². The number of nitrogens with zero attached hydrogens (tertiary/aromatic N) is 3. The minimum Gasteiger partial charge on any atom is -0.493 e. The fourth-order valence-electron chi connectivity index (χ4n) is 3.04. The van der Waals surface area contributed by atoms with Gasteiger partial charge in [-0.15, -0.1) is 0 Å². The summed E-state index contributed by atoms with van der Waals surface area (Å²) >= 11 is 0. The smallest absolute Gasteiger partial charge is 0.275 e. The number of benzene rings is 1. The molecule has 140 valence electrons. The van der Waals surface area contributed by atoms with Crippen molar-refractivity contribution in [3.05, 3.63) is 42.2 Å². The van der Waals surface area contributed by atoms with Gasteiger partial charge < -0.3 is 14.8 Å². The summed E-state index contributed by atoms with van der Waals surface area (Å²) < 4.78 is 12.4. The number of para-hydroxylation sites is 1. The average molecular weight is 358 g/mol. The van der Waals surface area contributed by atoms with Gasteiger partial charge in [-0.2, -0.15) is 5.10 Å². The number of rotatable bonds is 6. The quantitative estimate of drug-likeness (QED) is 0.852. The number of hydrogen-bond donors (Lipinski definition) is 1. The molecule has 7 nitrogen and oxygen atoms in total. The SMILES string of the molecule is COc1cn(-c2ccccc2)nc1C(=O)NCC(C)(C)N1CCOCC1. The van der Waals surface area contributed by atoms with Crippen molar-refractivity contribution >= 4 is 5.91 Å². The highest BCUT2D eigenvalue weighted by atomic mass is 16.5. The van der Waals surface area contributed by atoms with E-state index >= 15 is 0 Å². The van der Waals surface area contributed by atoms with Gasteiger partial charge in [0.25, 0.3) is 5.91 Å². The van der Waals surface area contributed by atoms with E-state index in [2.05, 4.69) is 29.2 Å². The Labute approximate surface area is 153 Å². The van der Waals surface area contributed by atoms with Gasteiger partial charge in [0.05, 0.1) is 32.2 Å². The molecule has 1 amide bonds. The first-order valence-corrected chi connectivity index (χ1v) is 8.81. The van der Waals surface area contributed by atoms with Crippen molar-refractivity contribution in [3.63, 3.8) is 0 Å². The van der Waals surface area contributed by atoms with Crippen LogP contribution in [-0.2, 0) is 4.74 Å². The molecule has 2 heterocycles. The summed E-state index contributed by atoms with van der Waals surface area (Å²) in [7, 11) is 1.54. The highest BCUT2D eigenvalue weighted by Crippen LogP contribution is 2.20. The number of hydrogen-bond acceptors (Lipinski definition) is 5. The van der Waals surface area contributed by atoms with E-state index < -0.39 is 0 Å². The van der Waals surface area contributed by atoms with E-state index in [-0.39, 0.29) is 17.1 Å². The molecule has 2 aromatic rings. The Hall–Kier alpha value is -2.38. The molecule has 1 aromatic heterocycles. The molecule has 0 spiro atoms. The molecule has 3 rings (SSSR count). The number of amides is 1. The second kappa shape index (κ2) is 7.88. The van der Waals surface area contributed by atoms with Gasteiger partial charge in [-0.3, -0.25) is 9.69 Å². The summed E-state index contributed by atoms with van der Waals surface area (Å²) in [5.74, 6) is 0.216. The summed E-state index contributed by atoms with van der Waals surface area (Å²) in [5, 5.41) is 7.41. The van der Waals surface area contributed by atoms with E-state index in [1.807, 2.05) is 30.3 Å². The first-order chi connectivity index (χ1) is 12.5. The van der Waals surface area contributed by atoms with Crippen LogP contribution in [0, 0.1) is 0 Å². The van der Waals surface area contributed by atoms with Crippen LogP contribution < -0.4 is 10.1 Å². The summed E-state index contributed by atoms with van der Waals surface area (Å²) in [6, 6.07) is 9.64. The molecule has 26 heavy (non-hydrogen) atoms. The molecular weight excluding hydrogens is 332 g/mol. The van der Waals surface area contributed by atoms with Crippen molar-refractivity contribution in [3.8, 4) is 11.4 Å². The lowest BCUT2D eigenvalue weighted by Gasteiger charge is -2.40. The zero-order valence-corrected chi connectivity index (χ0v) is 15.6. The predicted molar refractivity (Wildman–Crippen MR) is 98.9 cm³/mol. The number of carbonyl (C=O) groups excluding carboxylic acids is 1. The zero-order valence-electron chi connectivity index (χ0n) is 15.6. The first-order valence-electron chi connectivity index (χ1n) is 8.81. The van der Waals surface area contributed by atoms with Crippen LogP contribution in [0.5, 0.6) is 5.75 Å². The van der Waals surface area contributed by atoms with E-state index in [1.54, 1.807) is 18.0 Å². The molecule has 0 atom stereocenters. The minimum absolute atomic E-state index is 0.158. The van der Waals surface area contributed by atoms with E-state index in [0.29, 0.717) is 12.3 Å². The van der Waals surface area contributed by atoms with Gasteiger partial charge >= 0.3 is 0 Å². The first kappa shape index (κ1) is 18.4. The van der Waals surface area contributed by atoms with Crippen LogP contribution in [0.2, 0.25) is 0 Å². The van der Waals surface area contributed by atoms with Crippen LogP contribution in [0.4, 0.5) is 0 Å². The topological polar surface area (TPSA) is 68.6 Å². The van der Waals surface area contributed by atoms with Crippen molar-refractivity contribution in [2.45, 2.75) is 19.4 Å². The molecule has 1 N–H and O–H groups in total.